The van der Waals surface area contributed by atoms with Crippen molar-refractivity contribution in [1.82, 2.24) is 0 Å². The van der Waals surface area contributed by atoms with Crippen LogP contribution in [0.3, 0.4) is 0 Å². The molecule has 0 aromatic rings. The third-order valence-corrected chi connectivity index (χ3v) is 4.44. The lowest BCUT2D eigenvalue weighted by Gasteiger charge is -2.36. The second-order valence-electron chi connectivity index (χ2n) is 5.20. The van der Waals surface area contributed by atoms with Gasteiger partial charge in [-0.25, -0.2) is 0 Å². The number of hydrogen-bond donors (Lipinski definition) is 1. The Morgan fingerprint density at radius 3 is 2.79 bits per heavy atom. The van der Waals surface area contributed by atoms with Crippen LogP contribution in [0.15, 0.2) is 0 Å². The van der Waals surface area contributed by atoms with Gasteiger partial charge < -0.3 is 9.84 Å². The van der Waals surface area contributed by atoms with Crippen LogP contribution in [-0.4, -0.2) is 25.4 Å². The topological polar surface area (TPSA) is 29.5 Å². The molecule has 0 aliphatic heterocycles. The fourth-order valence-electron chi connectivity index (χ4n) is 3.71. The first-order chi connectivity index (χ1) is 6.80. The molecule has 0 spiro atoms. The molecule has 2 saturated carbocycles. The van der Waals surface area contributed by atoms with Gasteiger partial charge in [-0.3, -0.25) is 0 Å². The molecule has 14 heavy (non-hydrogen) atoms. The Kier molecular flexibility index (Phi) is 3.13. The first-order valence-corrected chi connectivity index (χ1v) is 5.90. The second kappa shape index (κ2) is 4.19. The van der Waals surface area contributed by atoms with Crippen LogP contribution in [0.25, 0.3) is 0 Å². The maximum absolute atomic E-state index is 9.60. The summed E-state index contributed by atoms with van der Waals surface area (Å²) in [4.78, 5) is 0. The fraction of sp³-hybridized carbons (Fsp3) is 1.00. The minimum Gasteiger partial charge on any atom is -0.396 e. The quantitative estimate of drug-likeness (QED) is 0.686. The van der Waals surface area contributed by atoms with Crippen LogP contribution in [0.5, 0.6) is 0 Å². The average Bonchev–Trinajstić information content (AvgIpc) is 2.78. The minimum atomic E-state index is 0.279. The van der Waals surface area contributed by atoms with Gasteiger partial charge in [-0.2, -0.15) is 0 Å². The van der Waals surface area contributed by atoms with Crippen molar-refractivity contribution in [2.24, 2.45) is 17.3 Å². The van der Waals surface area contributed by atoms with E-state index in [0.717, 1.165) is 24.9 Å². The molecule has 82 valence electrons. The van der Waals surface area contributed by atoms with Gasteiger partial charge in [-0.05, 0) is 49.4 Å². The van der Waals surface area contributed by atoms with Crippen molar-refractivity contribution in [2.45, 2.75) is 38.5 Å². The minimum absolute atomic E-state index is 0.279. The average molecular weight is 198 g/mol. The van der Waals surface area contributed by atoms with Crippen LogP contribution < -0.4 is 0 Å². The van der Waals surface area contributed by atoms with E-state index in [1.54, 1.807) is 7.11 Å². The summed E-state index contributed by atoms with van der Waals surface area (Å²) < 4.78 is 5.09. The standard InChI is InChI=1S/C12H22O2/c1-14-6-2-5-12(9-13)8-10-3-4-11(12)7-10/h10-11,13H,2-9H2,1H3. The van der Waals surface area contributed by atoms with Crippen LogP contribution in [0, 0.1) is 17.3 Å². The molecule has 2 fully saturated rings. The van der Waals surface area contributed by atoms with E-state index in [1.165, 1.54) is 32.1 Å². The summed E-state index contributed by atoms with van der Waals surface area (Å²) in [5, 5.41) is 9.60. The Morgan fingerprint density at radius 1 is 1.43 bits per heavy atom. The molecular weight excluding hydrogens is 176 g/mol. The maximum atomic E-state index is 9.60. The molecule has 2 bridgehead atoms. The molecular formula is C12H22O2. The largest absolute Gasteiger partial charge is 0.396 e. The Bertz CT molecular complexity index is 193. The zero-order valence-electron chi connectivity index (χ0n) is 9.17. The van der Waals surface area contributed by atoms with Gasteiger partial charge in [-0.15, -0.1) is 0 Å². The third kappa shape index (κ3) is 1.70. The van der Waals surface area contributed by atoms with E-state index in [9.17, 15) is 5.11 Å². The smallest absolute Gasteiger partial charge is 0.0490 e. The zero-order chi connectivity index (χ0) is 10.0. The van der Waals surface area contributed by atoms with Gasteiger partial charge in [0.05, 0.1) is 0 Å². The molecule has 2 heteroatoms. The Morgan fingerprint density at radius 2 is 2.29 bits per heavy atom. The SMILES string of the molecule is COCCCC1(CO)CC2CCC1C2. The lowest BCUT2D eigenvalue weighted by atomic mass is 9.71. The Balaban J connectivity index is 1.90. The van der Waals surface area contributed by atoms with Crippen molar-refractivity contribution in [3.8, 4) is 0 Å². The molecule has 0 saturated heterocycles. The van der Waals surface area contributed by atoms with E-state index >= 15 is 0 Å². The van der Waals surface area contributed by atoms with Crippen LogP contribution in [0.2, 0.25) is 0 Å². The molecule has 0 aromatic carbocycles. The molecule has 2 aliphatic rings. The molecule has 1 N–H and O–H groups in total. The van der Waals surface area contributed by atoms with Gasteiger partial charge in [-0.1, -0.05) is 6.42 Å². The number of aliphatic hydroxyl groups is 1. The Labute approximate surface area is 86.6 Å². The van der Waals surface area contributed by atoms with Gasteiger partial charge in [0, 0.05) is 20.3 Å². The van der Waals surface area contributed by atoms with Gasteiger partial charge in [0.1, 0.15) is 0 Å². The van der Waals surface area contributed by atoms with Gasteiger partial charge in [0.25, 0.3) is 0 Å². The summed E-state index contributed by atoms with van der Waals surface area (Å²) in [6.07, 6.45) is 7.71. The summed E-state index contributed by atoms with van der Waals surface area (Å²) in [5.41, 5.74) is 0.279. The monoisotopic (exact) mass is 198 g/mol. The van der Waals surface area contributed by atoms with E-state index in [0.29, 0.717) is 6.61 Å². The molecule has 2 nitrogen and oxygen atoms in total. The summed E-state index contributed by atoms with van der Waals surface area (Å²) in [6, 6.07) is 0. The third-order valence-electron chi connectivity index (χ3n) is 4.44. The second-order valence-corrected chi connectivity index (χ2v) is 5.20. The number of rotatable bonds is 5. The number of ether oxygens (including phenoxy) is 1. The van der Waals surface area contributed by atoms with E-state index in [2.05, 4.69) is 0 Å². The normalized spacial score (nSPS) is 40.7. The number of hydrogen-bond acceptors (Lipinski definition) is 2. The van der Waals surface area contributed by atoms with E-state index in [1.807, 2.05) is 0 Å². The van der Waals surface area contributed by atoms with Crippen LogP contribution >= 0.6 is 0 Å². The van der Waals surface area contributed by atoms with Crippen molar-refractivity contribution in [1.29, 1.82) is 0 Å². The van der Waals surface area contributed by atoms with E-state index in [4.69, 9.17) is 4.74 Å². The zero-order valence-corrected chi connectivity index (χ0v) is 9.17. The number of methoxy groups -OCH3 is 1. The molecule has 0 heterocycles. The molecule has 0 aromatic heterocycles. The molecule has 3 unspecified atom stereocenters. The van der Waals surface area contributed by atoms with Crippen LogP contribution in [-0.2, 0) is 4.74 Å². The highest BCUT2D eigenvalue weighted by Crippen LogP contribution is 2.57. The lowest BCUT2D eigenvalue weighted by Crippen LogP contribution is -2.32. The van der Waals surface area contributed by atoms with Crippen LogP contribution in [0.4, 0.5) is 0 Å². The van der Waals surface area contributed by atoms with Crippen molar-refractivity contribution in [3.63, 3.8) is 0 Å². The fourth-order valence-corrected chi connectivity index (χ4v) is 3.71. The highest BCUT2D eigenvalue weighted by atomic mass is 16.5. The predicted octanol–water partition coefficient (Wildman–Crippen LogP) is 2.21. The van der Waals surface area contributed by atoms with Crippen LogP contribution in [0.1, 0.15) is 38.5 Å². The first-order valence-electron chi connectivity index (χ1n) is 5.90. The van der Waals surface area contributed by atoms with Gasteiger partial charge >= 0.3 is 0 Å². The number of aliphatic hydroxyl groups excluding tert-OH is 1. The summed E-state index contributed by atoms with van der Waals surface area (Å²) >= 11 is 0. The lowest BCUT2D eigenvalue weighted by molar-refractivity contribution is 0.0462. The number of fused-ring (bicyclic) bond motifs is 2. The maximum Gasteiger partial charge on any atom is 0.0490 e. The summed E-state index contributed by atoms with van der Waals surface area (Å²) in [6.45, 7) is 1.25. The Hall–Kier alpha value is -0.0800. The van der Waals surface area contributed by atoms with Crippen molar-refractivity contribution in [2.75, 3.05) is 20.3 Å². The van der Waals surface area contributed by atoms with Gasteiger partial charge in [0.2, 0.25) is 0 Å². The van der Waals surface area contributed by atoms with Crippen molar-refractivity contribution >= 4 is 0 Å². The molecule has 2 rings (SSSR count). The highest BCUT2D eigenvalue weighted by Gasteiger charge is 2.49. The van der Waals surface area contributed by atoms with Crippen molar-refractivity contribution < 1.29 is 9.84 Å². The van der Waals surface area contributed by atoms with E-state index < -0.39 is 0 Å². The first kappa shape index (κ1) is 10.4. The van der Waals surface area contributed by atoms with Gasteiger partial charge in [0.15, 0.2) is 0 Å². The molecule has 0 amide bonds. The summed E-state index contributed by atoms with van der Waals surface area (Å²) in [5.74, 6) is 1.74. The van der Waals surface area contributed by atoms with E-state index in [-0.39, 0.29) is 5.41 Å². The molecule has 3 atom stereocenters. The highest BCUT2D eigenvalue weighted by molar-refractivity contribution is 4.99. The van der Waals surface area contributed by atoms with Crippen molar-refractivity contribution in [3.05, 3.63) is 0 Å². The molecule has 2 aliphatic carbocycles. The molecule has 0 radical (unpaired) electrons. The predicted molar refractivity (Wildman–Crippen MR) is 56.1 cm³/mol. The summed E-state index contributed by atoms with van der Waals surface area (Å²) in [7, 11) is 1.76.